The van der Waals surface area contributed by atoms with Crippen LogP contribution < -0.4 is 15.4 Å². The molecule has 2 amide bonds. The van der Waals surface area contributed by atoms with Gasteiger partial charge in [-0.05, 0) is 29.3 Å². The first-order valence-electron chi connectivity index (χ1n) is 7.76. The zero-order chi connectivity index (χ0) is 18.1. The summed E-state index contributed by atoms with van der Waals surface area (Å²) < 4.78 is 5.09. The number of hydrogen-bond donors (Lipinski definition) is 2. The third-order valence-electron chi connectivity index (χ3n) is 3.53. The number of methoxy groups -OCH3 is 1. The molecular formula is C19H19N3O3. The molecule has 0 aliphatic carbocycles. The Morgan fingerprint density at radius 2 is 1.80 bits per heavy atom. The first-order chi connectivity index (χ1) is 12.1. The van der Waals surface area contributed by atoms with Crippen LogP contribution in [0.3, 0.4) is 0 Å². The number of anilines is 1. The number of amides is 2. The first-order valence-corrected chi connectivity index (χ1v) is 7.76. The number of benzene rings is 2. The normalized spacial score (nSPS) is 9.76. The molecule has 0 radical (unpaired) electrons. The molecule has 0 aromatic heterocycles. The van der Waals surface area contributed by atoms with Crippen molar-refractivity contribution >= 4 is 17.5 Å². The maximum Gasteiger partial charge on any atom is 0.238 e. The number of nitrogens with one attached hydrogen (secondary N) is 2. The molecule has 0 saturated heterocycles. The highest BCUT2D eigenvalue weighted by atomic mass is 16.5. The lowest BCUT2D eigenvalue weighted by molar-refractivity contribution is -0.120. The summed E-state index contributed by atoms with van der Waals surface area (Å²) in [7, 11) is 1.59. The predicted octanol–water partition coefficient (Wildman–Crippen LogP) is 2.41. The summed E-state index contributed by atoms with van der Waals surface area (Å²) in [5, 5.41) is 14.1. The molecular weight excluding hydrogens is 318 g/mol. The van der Waals surface area contributed by atoms with Gasteiger partial charge in [0.2, 0.25) is 11.8 Å². The molecule has 0 aliphatic heterocycles. The van der Waals surface area contributed by atoms with Gasteiger partial charge in [-0.1, -0.05) is 30.3 Å². The Bertz CT molecular complexity index is 779. The van der Waals surface area contributed by atoms with Gasteiger partial charge in [0, 0.05) is 12.2 Å². The highest BCUT2D eigenvalue weighted by Gasteiger charge is 2.08. The highest BCUT2D eigenvalue weighted by molar-refractivity contribution is 5.92. The maximum atomic E-state index is 12.1. The van der Waals surface area contributed by atoms with Crippen LogP contribution in [0.5, 0.6) is 5.75 Å². The summed E-state index contributed by atoms with van der Waals surface area (Å²) >= 11 is 0. The van der Waals surface area contributed by atoms with Crippen LogP contribution in [0.25, 0.3) is 0 Å². The molecule has 6 heteroatoms. The van der Waals surface area contributed by atoms with E-state index in [0.717, 1.165) is 16.9 Å². The van der Waals surface area contributed by atoms with Gasteiger partial charge in [0.15, 0.2) is 0 Å². The molecule has 2 rings (SSSR count). The van der Waals surface area contributed by atoms with E-state index in [9.17, 15) is 9.59 Å². The number of nitrogens with zero attached hydrogens (tertiary/aromatic N) is 1. The van der Waals surface area contributed by atoms with Crippen LogP contribution in [0.2, 0.25) is 0 Å². The molecule has 2 aromatic rings. The standard InChI is InChI=1S/C19H19N3O3/c1-25-16-8-6-14(7-9-16)12-19(24)21-13-15-4-2-3-5-17(15)22-18(23)10-11-20/h2-9H,10,12-13H2,1H3,(H,21,24)(H,22,23). The Morgan fingerprint density at radius 1 is 1.08 bits per heavy atom. The van der Waals surface area contributed by atoms with E-state index in [0.29, 0.717) is 5.69 Å². The van der Waals surface area contributed by atoms with Crippen molar-refractivity contribution in [2.45, 2.75) is 19.4 Å². The lowest BCUT2D eigenvalue weighted by Crippen LogP contribution is -2.25. The molecule has 0 bridgehead atoms. The average molecular weight is 337 g/mol. The second-order valence-corrected chi connectivity index (χ2v) is 5.34. The molecule has 0 saturated carbocycles. The summed E-state index contributed by atoms with van der Waals surface area (Å²) in [6.45, 7) is 0.290. The van der Waals surface area contributed by atoms with E-state index in [2.05, 4.69) is 10.6 Å². The average Bonchev–Trinajstić information content (AvgIpc) is 2.62. The summed E-state index contributed by atoms with van der Waals surface area (Å²) in [6.07, 6.45) is 0.0467. The van der Waals surface area contributed by atoms with Crippen molar-refractivity contribution in [1.29, 1.82) is 5.26 Å². The van der Waals surface area contributed by atoms with Gasteiger partial charge in [0.1, 0.15) is 12.2 Å². The summed E-state index contributed by atoms with van der Waals surface area (Å²) in [5.41, 5.74) is 2.25. The molecule has 25 heavy (non-hydrogen) atoms. The number of ether oxygens (including phenoxy) is 1. The van der Waals surface area contributed by atoms with Crippen LogP contribution in [-0.4, -0.2) is 18.9 Å². The molecule has 0 spiro atoms. The SMILES string of the molecule is COc1ccc(CC(=O)NCc2ccccc2NC(=O)CC#N)cc1. The quantitative estimate of drug-likeness (QED) is 0.811. The minimum absolute atomic E-state index is 0.122. The van der Waals surface area contributed by atoms with Gasteiger partial charge in [-0.15, -0.1) is 0 Å². The fraction of sp³-hybridized carbons (Fsp3) is 0.211. The van der Waals surface area contributed by atoms with Crippen LogP contribution in [0.1, 0.15) is 17.5 Å². The van der Waals surface area contributed by atoms with Gasteiger partial charge in [-0.3, -0.25) is 9.59 Å². The largest absolute Gasteiger partial charge is 0.497 e. The van der Waals surface area contributed by atoms with Crippen LogP contribution >= 0.6 is 0 Å². The van der Waals surface area contributed by atoms with Crippen LogP contribution in [0.4, 0.5) is 5.69 Å². The molecule has 2 N–H and O–H groups in total. The molecule has 0 unspecified atom stereocenters. The third-order valence-corrected chi connectivity index (χ3v) is 3.53. The van der Waals surface area contributed by atoms with Gasteiger partial charge in [0.05, 0.1) is 19.6 Å². The summed E-state index contributed by atoms with van der Waals surface area (Å²) in [4.78, 5) is 23.7. The van der Waals surface area contributed by atoms with Crippen molar-refractivity contribution in [3.8, 4) is 11.8 Å². The molecule has 2 aromatic carbocycles. The second kappa shape index (κ2) is 9.08. The molecule has 6 nitrogen and oxygen atoms in total. The van der Waals surface area contributed by atoms with E-state index in [1.54, 1.807) is 25.3 Å². The molecule has 0 heterocycles. The van der Waals surface area contributed by atoms with Crippen LogP contribution in [0, 0.1) is 11.3 Å². The molecule has 0 fully saturated rings. The number of para-hydroxylation sites is 1. The number of nitriles is 1. The Hall–Kier alpha value is -3.33. The van der Waals surface area contributed by atoms with Crippen LogP contribution in [0.15, 0.2) is 48.5 Å². The van der Waals surface area contributed by atoms with E-state index in [4.69, 9.17) is 10.00 Å². The lowest BCUT2D eigenvalue weighted by atomic mass is 10.1. The molecule has 0 aliphatic rings. The van der Waals surface area contributed by atoms with Crippen molar-refractivity contribution in [2.24, 2.45) is 0 Å². The van der Waals surface area contributed by atoms with E-state index in [-0.39, 0.29) is 31.2 Å². The van der Waals surface area contributed by atoms with Crippen molar-refractivity contribution in [2.75, 3.05) is 12.4 Å². The van der Waals surface area contributed by atoms with Crippen molar-refractivity contribution in [3.05, 3.63) is 59.7 Å². The van der Waals surface area contributed by atoms with Gasteiger partial charge < -0.3 is 15.4 Å². The van der Waals surface area contributed by atoms with Gasteiger partial charge >= 0.3 is 0 Å². The minimum Gasteiger partial charge on any atom is -0.497 e. The number of carbonyl (C=O) groups excluding carboxylic acids is 2. The Morgan fingerprint density at radius 3 is 2.48 bits per heavy atom. The lowest BCUT2D eigenvalue weighted by Gasteiger charge is -2.11. The molecule has 0 atom stereocenters. The fourth-order valence-electron chi connectivity index (χ4n) is 2.25. The summed E-state index contributed by atoms with van der Waals surface area (Å²) in [5.74, 6) is 0.244. The van der Waals surface area contributed by atoms with E-state index in [1.807, 2.05) is 36.4 Å². The van der Waals surface area contributed by atoms with E-state index >= 15 is 0 Å². The number of rotatable bonds is 7. The predicted molar refractivity (Wildman–Crippen MR) is 93.8 cm³/mol. The zero-order valence-electron chi connectivity index (χ0n) is 13.9. The topological polar surface area (TPSA) is 91.2 Å². The summed E-state index contributed by atoms with van der Waals surface area (Å²) in [6, 6.07) is 16.3. The maximum absolute atomic E-state index is 12.1. The number of carbonyl (C=O) groups is 2. The highest BCUT2D eigenvalue weighted by Crippen LogP contribution is 2.15. The van der Waals surface area contributed by atoms with Gasteiger partial charge in [0.25, 0.3) is 0 Å². The van der Waals surface area contributed by atoms with Gasteiger partial charge in [-0.2, -0.15) is 5.26 Å². The van der Waals surface area contributed by atoms with Crippen LogP contribution in [-0.2, 0) is 22.6 Å². The van der Waals surface area contributed by atoms with E-state index in [1.165, 1.54) is 0 Å². The van der Waals surface area contributed by atoms with Crippen molar-refractivity contribution in [3.63, 3.8) is 0 Å². The first kappa shape index (κ1) is 18.0. The Labute approximate surface area is 146 Å². The van der Waals surface area contributed by atoms with Gasteiger partial charge in [-0.25, -0.2) is 0 Å². The van der Waals surface area contributed by atoms with Crippen molar-refractivity contribution in [1.82, 2.24) is 5.32 Å². The monoisotopic (exact) mass is 337 g/mol. The van der Waals surface area contributed by atoms with E-state index < -0.39 is 0 Å². The number of hydrogen-bond acceptors (Lipinski definition) is 4. The Balaban J connectivity index is 1.92. The fourth-order valence-corrected chi connectivity index (χ4v) is 2.25. The smallest absolute Gasteiger partial charge is 0.238 e. The zero-order valence-corrected chi connectivity index (χ0v) is 13.9. The second-order valence-electron chi connectivity index (χ2n) is 5.34. The van der Waals surface area contributed by atoms with Crippen molar-refractivity contribution < 1.29 is 14.3 Å². The Kier molecular flexibility index (Phi) is 6.55. The molecule has 128 valence electrons. The minimum atomic E-state index is -0.375. The third kappa shape index (κ3) is 5.66.